The van der Waals surface area contributed by atoms with E-state index in [-0.39, 0.29) is 12.3 Å². The Hall–Kier alpha value is -1.04. The maximum atomic E-state index is 10.4. The molecule has 1 amide bonds. The average molecular weight is 112 g/mol. The van der Waals surface area contributed by atoms with E-state index in [9.17, 15) is 4.79 Å². The van der Waals surface area contributed by atoms with Gasteiger partial charge in [0.15, 0.2) is 0 Å². The Morgan fingerprint density at radius 3 is 2.38 bits per heavy atom. The van der Waals surface area contributed by atoms with Crippen LogP contribution in [0, 0.1) is 11.3 Å². The molecular formula is C5H8N2O. The molecule has 0 aliphatic carbocycles. The second-order valence-corrected chi connectivity index (χ2v) is 1.62. The van der Waals surface area contributed by atoms with Gasteiger partial charge in [-0.15, -0.1) is 0 Å². The largest absolute Gasteiger partial charge is 0.348 e. The van der Waals surface area contributed by atoms with Gasteiger partial charge in [0.2, 0.25) is 5.91 Å². The summed E-state index contributed by atoms with van der Waals surface area (Å²) in [5.74, 6) is -0.146. The van der Waals surface area contributed by atoms with Crippen molar-refractivity contribution in [3.63, 3.8) is 0 Å². The van der Waals surface area contributed by atoms with Gasteiger partial charge < -0.3 is 4.90 Å². The molecule has 0 aromatic heterocycles. The van der Waals surface area contributed by atoms with E-state index < -0.39 is 0 Å². The van der Waals surface area contributed by atoms with Crippen molar-refractivity contribution in [2.75, 3.05) is 14.1 Å². The SMILES string of the molecule is CN(C)C(=O)CC#N. The monoisotopic (exact) mass is 112 g/mol. The molecule has 0 spiro atoms. The third-order valence-corrected chi connectivity index (χ3v) is 0.729. The zero-order valence-corrected chi connectivity index (χ0v) is 5.01. The predicted octanol–water partition coefficient (Wildman–Crippen LogP) is -0.0117. The number of hydrogen-bond acceptors (Lipinski definition) is 2. The molecule has 0 bridgehead atoms. The lowest BCUT2D eigenvalue weighted by Crippen LogP contribution is -2.20. The molecule has 0 unspecified atom stereocenters. The maximum absolute atomic E-state index is 10.4. The molecule has 0 aliphatic rings. The van der Waals surface area contributed by atoms with E-state index in [1.165, 1.54) is 4.90 Å². The average Bonchev–Trinajstić information content (AvgIpc) is 1.67. The van der Waals surface area contributed by atoms with E-state index in [0.717, 1.165) is 0 Å². The number of carbonyl (C=O) groups is 1. The van der Waals surface area contributed by atoms with Crippen LogP contribution in [0.5, 0.6) is 0 Å². The highest BCUT2D eigenvalue weighted by atomic mass is 16.2. The van der Waals surface area contributed by atoms with Gasteiger partial charge in [-0.25, -0.2) is 0 Å². The molecule has 0 rings (SSSR count). The third-order valence-electron chi connectivity index (χ3n) is 0.729. The fraction of sp³-hybridized carbons (Fsp3) is 0.600. The number of carbonyl (C=O) groups excluding carboxylic acids is 1. The first kappa shape index (κ1) is 6.96. The molecule has 0 aliphatic heterocycles. The predicted molar refractivity (Wildman–Crippen MR) is 28.9 cm³/mol. The van der Waals surface area contributed by atoms with E-state index in [0.29, 0.717) is 0 Å². The van der Waals surface area contributed by atoms with Crippen molar-refractivity contribution in [2.24, 2.45) is 0 Å². The second-order valence-electron chi connectivity index (χ2n) is 1.62. The van der Waals surface area contributed by atoms with Crippen molar-refractivity contribution in [2.45, 2.75) is 6.42 Å². The summed E-state index contributed by atoms with van der Waals surface area (Å²) in [6.07, 6.45) is -0.0208. The van der Waals surface area contributed by atoms with Crippen LogP contribution in [0.2, 0.25) is 0 Å². The van der Waals surface area contributed by atoms with Crippen molar-refractivity contribution in [3.8, 4) is 6.07 Å². The fourth-order valence-electron chi connectivity index (χ4n) is 0.226. The van der Waals surface area contributed by atoms with Crippen molar-refractivity contribution in [1.29, 1.82) is 5.26 Å². The molecule has 0 aromatic rings. The minimum Gasteiger partial charge on any atom is -0.348 e. The molecule has 3 heteroatoms. The number of rotatable bonds is 1. The third kappa shape index (κ3) is 2.19. The number of nitrogens with zero attached hydrogens (tertiary/aromatic N) is 2. The Bertz CT molecular complexity index is 123. The van der Waals surface area contributed by atoms with Crippen molar-refractivity contribution < 1.29 is 4.79 Å². The van der Waals surface area contributed by atoms with Gasteiger partial charge in [0.1, 0.15) is 6.42 Å². The van der Waals surface area contributed by atoms with Crippen LogP contribution < -0.4 is 0 Å². The molecule has 0 fully saturated rings. The van der Waals surface area contributed by atoms with Gasteiger partial charge >= 0.3 is 0 Å². The quantitative estimate of drug-likeness (QED) is 0.478. The van der Waals surface area contributed by atoms with E-state index in [2.05, 4.69) is 0 Å². The zero-order valence-electron chi connectivity index (χ0n) is 5.01. The highest BCUT2D eigenvalue weighted by molar-refractivity contribution is 5.77. The summed E-state index contributed by atoms with van der Waals surface area (Å²) >= 11 is 0. The summed E-state index contributed by atoms with van der Waals surface area (Å²) < 4.78 is 0. The molecule has 0 N–H and O–H groups in total. The van der Waals surface area contributed by atoms with Crippen LogP contribution in [-0.4, -0.2) is 24.9 Å². The second kappa shape index (κ2) is 3.03. The highest BCUT2D eigenvalue weighted by Gasteiger charge is 1.99. The Labute approximate surface area is 48.5 Å². The smallest absolute Gasteiger partial charge is 0.236 e. The van der Waals surface area contributed by atoms with Gasteiger partial charge in [-0.3, -0.25) is 4.79 Å². The molecule has 0 saturated heterocycles. The topological polar surface area (TPSA) is 44.1 Å². The molecule has 0 heterocycles. The summed E-state index contributed by atoms with van der Waals surface area (Å²) in [5.41, 5.74) is 0. The standard InChI is InChI=1S/C5H8N2O/c1-7(2)5(8)3-4-6/h3H2,1-2H3. The maximum Gasteiger partial charge on any atom is 0.236 e. The number of amides is 1. The lowest BCUT2D eigenvalue weighted by Gasteiger charge is -2.04. The molecular weight excluding hydrogens is 104 g/mol. The summed E-state index contributed by atoms with van der Waals surface area (Å²) in [7, 11) is 3.25. The van der Waals surface area contributed by atoms with Gasteiger partial charge in [-0.1, -0.05) is 0 Å². The van der Waals surface area contributed by atoms with E-state index >= 15 is 0 Å². The minimum absolute atomic E-state index is 0.0208. The molecule has 0 aromatic carbocycles. The van der Waals surface area contributed by atoms with Crippen LogP contribution in [0.3, 0.4) is 0 Å². The Balaban J connectivity index is 3.53. The fourth-order valence-corrected chi connectivity index (χ4v) is 0.226. The molecule has 0 atom stereocenters. The van der Waals surface area contributed by atoms with Gasteiger partial charge in [0, 0.05) is 14.1 Å². The van der Waals surface area contributed by atoms with Gasteiger partial charge in [0.05, 0.1) is 6.07 Å². The molecule has 0 radical (unpaired) electrons. The van der Waals surface area contributed by atoms with Gasteiger partial charge in [0.25, 0.3) is 0 Å². The Kier molecular flexibility index (Phi) is 2.63. The highest BCUT2D eigenvalue weighted by Crippen LogP contribution is 1.81. The molecule has 3 nitrogen and oxygen atoms in total. The normalized spacial score (nSPS) is 7.62. The first-order valence-electron chi connectivity index (χ1n) is 2.25. The first-order chi connectivity index (χ1) is 3.68. The van der Waals surface area contributed by atoms with E-state index in [1.807, 2.05) is 0 Å². The summed E-state index contributed by atoms with van der Waals surface area (Å²) in [5, 5.41) is 7.99. The van der Waals surface area contributed by atoms with Crippen LogP contribution in [0.25, 0.3) is 0 Å². The van der Waals surface area contributed by atoms with Crippen molar-refractivity contribution >= 4 is 5.91 Å². The summed E-state index contributed by atoms with van der Waals surface area (Å²) in [6, 6.07) is 1.76. The van der Waals surface area contributed by atoms with Gasteiger partial charge in [-0.2, -0.15) is 5.26 Å². The lowest BCUT2D eigenvalue weighted by atomic mass is 10.4. The van der Waals surface area contributed by atoms with Crippen LogP contribution in [0.4, 0.5) is 0 Å². The molecule has 0 saturated carbocycles. The Morgan fingerprint density at radius 1 is 1.75 bits per heavy atom. The van der Waals surface area contributed by atoms with Crippen LogP contribution in [-0.2, 0) is 4.79 Å². The Morgan fingerprint density at radius 2 is 2.25 bits per heavy atom. The lowest BCUT2D eigenvalue weighted by molar-refractivity contribution is -0.127. The summed E-state index contributed by atoms with van der Waals surface area (Å²) in [4.78, 5) is 11.8. The van der Waals surface area contributed by atoms with E-state index in [4.69, 9.17) is 5.26 Å². The van der Waals surface area contributed by atoms with Crippen molar-refractivity contribution in [3.05, 3.63) is 0 Å². The molecule has 44 valence electrons. The number of nitriles is 1. The van der Waals surface area contributed by atoms with Crippen LogP contribution >= 0.6 is 0 Å². The van der Waals surface area contributed by atoms with Crippen LogP contribution in [0.1, 0.15) is 6.42 Å². The number of hydrogen-bond donors (Lipinski definition) is 0. The minimum atomic E-state index is -0.146. The zero-order chi connectivity index (χ0) is 6.57. The van der Waals surface area contributed by atoms with Gasteiger partial charge in [-0.05, 0) is 0 Å². The van der Waals surface area contributed by atoms with E-state index in [1.54, 1.807) is 20.2 Å². The molecule has 8 heavy (non-hydrogen) atoms. The first-order valence-corrected chi connectivity index (χ1v) is 2.25. The van der Waals surface area contributed by atoms with Crippen LogP contribution in [0.15, 0.2) is 0 Å². The van der Waals surface area contributed by atoms with Crippen molar-refractivity contribution in [1.82, 2.24) is 4.90 Å². The summed E-state index contributed by atoms with van der Waals surface area (Å²) in [6.45, 7) is 0.